The summed E-state index contributed by atoms with van der Waals surface area (Å²) in [7, 11) is 0. The molecule has 0 spiro atoms. The van der Waals surface area contributed by atoms with Gasteiger partial charge in [0.15, 0.2) is 0 Å². The molecule has 2 aliphatic heterocycles. The maximum Gasteiger partial charge on any atom is 0.233 e. The van der Waals surface area contributed by atoms with E-state index in [1.165, 1.54) is 0 Å². The van der Waals surface area contributed by atoms with Crippen molar-refractivity contribution in [1.82, 2.24) is 0 Å². The average Bonchev–Trinajstić information content (AvgIpc) is 2.79. The van der Waals surface area contributed by atoms with Crippen LogP contribution < -0.4 is 16.4 Å². The molecule has 2 amide bonds. The molecular weight excluding hydrogens is 270 g/mol. The number of benzene rings is 1. The molecule has 6 heteroatoms. The summed E-state index contributed by atoms with van der Waals surface area (Å²) < 4.78 is 5.57. The van der Waals surface area contributed by atoms with Crippen molar-refractivity contribution in [2.24, 2.45) is 11.7 Å². The third-order valence-electron chi connectivity index (χ3n) is 4.19. The molecule has 0 saturated carbocycles. The smallest absolute Gasteiger partial charge is 0.233 e. The molecular formula is C15H19N3O3. The van der Waals surface area contributed by atoms with Crippen LogP contribution in [0, 0.1) is 5.92 Å². The summed E-state index contributed by atoms with van der Waals surface area (Å²) in [5, 5.41) is 5.45. The second-order valence-corrected chi connectivity index (χ2v) is 5.63. The van der Waals surface area contributed by atoms with E-state index in [1.807, 2.05) is 19.1 Å². The molecule has 1 fully saturated rings. The van der Waals surface area contributed by atoms with Crippen molar-refractivity contribution in [3.63, 3.8) is 0 Å². The highest BCUT2D eigenvalue weighted by molar-refractivity contribution is 6.13. The van der Waals surface area contributed by atoms with Gasteiger partial charge in [0.25, 0.3) is 0 Å². The highest BCUT2D eigenvalue weighted by Crippen LogP contribution is 2.34. The van der Waals surface area contributed by atoms with Crippen molar-refractivity contribution >= 4 is 23.2 Å². The van der Waals surface area contributed by atoms with E-state index in [2.05, 4.69) is 10.6 Å². The van der Waals surface area contributed by atoms with Gasteiger partial charge in [-0.1, -0.05) is 6.07 Å². The van der Waals surface area contributed by atoms with Gasteiger partial charge in [-0.3, -0.25) is 9.59 Å². The van der Waals surface area contributed by atoms with Gasteiger partial charge in [0, 0.05) is 18.6 Å². The summed E-state index contributed by atoms with van der Waals surface area (Å²) in [6.45, 7) is 2.76. The summed E-state index contributed by atoms with van der Waals surface area (Å²) in [5.74, 6) is -0.352. The number of nitrogens with two attached hydrogens (primary N) is 1. The van der Waals surface area contributed by atoms with E-state index in [0.717, 1.165) is 18.6 Å². The fraction of sp³-hybridized carbons (Fsp3) is 0.467. The van der Waals surface area contributed by atoms with Gasteiger partial charge in [-0.05, 0) is 31.0 Å². The first-order valence-electron chi connectivity index (χ1n) is 7.15. The minimum absolute atomic E-state index is 0.133. The van der Waals surface area contributed by atoms with E-state index >= 15 is 0 Å². The number of carbonyl (C=O) groups is 2. The quantitative estimate of drug-likeness (QED) is 0.717. The van der Waals surface area contributed by atoms with Crippen LogP contribution in [0.25, 0.3) is 0 Å². The molecule has 0 bridgehead atoms. The average molecular weight is 289 g/mol. The van der Waals surface area contributed by atoms with Crippen molar-refractivity contribution < 1.29 is 14.3 Å². The number of hydrogen-bond acceptors (Lipinski definition) is 4. The van der Waals surface area contributed by atoms with Gasteiger partial charge in [-0.15, -0.1) is 0 Å². The van der Waals surface area contributed by atoms with Gasteiger partial charge in [-0.2, -0.15) is 0 Å². The maximum atomic E-state index is 11.6. The molecule has 2 heterocycles. The number of fused-ring (bicyclic) bond motifs is 1. The van der Waals surface area contributed by atoms with Crippen molar-refractivity contribution in [1.29, 1.82) is 0 Å². The van der Waals surface area contributed by atoms with Crippen molar-refractivity contribution in [3.05, 3.63) is 23.8 Å². The first kappa shape index (κ1) is 14.0. The Morgan fingerprint density at radius 3 is 2.62 bits per heavy atom. The van der Waals surface area contributed by atoms with Crippen LogP contribution >= 0.6 is 0 Å². The summed E-state index contributed by atoms with van der Waals surface area (Å²) in [6.07, 6.45) is 0.902. The van der Waals surface area contributed by atoms with Crippen LogP contribution in [0.1, 0.15) is 31.4 Å². The van der Waals surface area contributed by atoms with Gasteiger partial charge in [0.05, 0.1) is 17.5 Å². The lowest BCUT2D eigenvalue weighted by Crippen LogP contribution is -2.26. The Hall–Kier alpha value is -1.92. The zero-order valence-electron chi connectivity index (χ0n) is 11.9. The van der Waals surface area contributed by atoms with E-state index < -0.39 is 0 Å². The lowest BCUT2D eigenvalue weighted by molar-refractivity contribution is -0.123. The van der Waals surface area contributed by atoms with Gasteiger partial charge in [0.2, 0.25) is 11.8 Å². The van der Waals surface area contributed by atoms with Gasteiger partial charge in [-0.25, -0.2) is 0 Å². The van der Waals surface area contributed by atoms with E-state index in [0.29, 0.717) is 11.4 Å². The second-order valence-electron chi connectivity index (χ2n) is 5.63. The van der Waals surface area contributed by atoms with Crippen LogP contribution in [0.15, 0.2) is 18.2 Å². The zero-order valence-corrected chi connectivity index (χ0v) is 11.9. The third-order valence-corrected chi connectivity index (χ3v) is 4.19. The minimum Gasteiger partial charge on any atom is -0.378 e. The van der Waals surface area contributed by atoms with Crippen LogP contribution in [0.3, 0.4) is 0 Å². The molecule has 4 N–H and O–H groups in total. The number of rotatable bonds is 2. The van der Waals surface area contributed by atoms with Crippen LogP contribution in [-0.4, -0.2) is 24.5 Å². The third kappa shape index (κ3) is 2.77. The van der Waals surface area contributed by atoms with E-state index in [4.69, 9.17) is 10.5 Å². The van der Waals surface area contributed by atoms with Gasteiger partial charge in [0.1, 0.15) is 6.42 Å². The van der Waals surface area contributed by atoms with Crippen molar-refractivity contribution in [3.8, 4) is 0 Å². The molecule has 1 saturated heterocycles. The van der Waals surface area contributed by atoms with Crippen LogP contribution in [-0.2, 0) is 14.3 Å². The van der Waals surface area contributed by atoms with Crippen LogP contribution in [0.5, 0.6) is 0 Å². The maximum absolute atomic E-state index is 11.6. The summed E-state index contributed by atoms with van der Waals surface area (Å²) in [4.78, 5) is 23.1. The lowest BCUT2D eigenvalue weighted by atomic mass is 9.88. The number of hydrogen-bond donors (Lipinski definition) is 3. The van der Waals surface area contributed by atoms with E-state index in [9.17, 15) is 9.59 Å². The van der Waals surface area contributed by atoms with E-state index in [-0.39, 0.29) is 36.3 Å². The lowest BCUT2D eigenvalue weighted by Gasteiger charge is -2.23. The topological polar surface area (TPSA) is 93.4 Å². The first-order valence-corrected chi connectivity index (χ1v) is 7.15. The number of ether oxygens (including phenoxy) is 1. The molecule has 0 aliphatic carbocycles. The molecule has 1 aromatic rings. The molecule has 6 nitrogen and oxygen atoms in total. The molecule has 112 valence electrons. The van der Waals surface area contributed by atoms with Crippen molar-refractivity contribution in [2.45, 2.75) is 31.9 Å². The highest BCUT2D eigenvalue weighted by Gasteiger charge is 2.31. The highest BCUT2D eigenvalue weighted by atomic mass is 16.5. The van der Waals surface area contributed by atoms with E-state index in [1.54, 1.807) is 6.07 Å². The van der Waals surface area contributed by atoms with Gasteiger partial charge >= 0.3 is 0 Å². The predicted molar refractivity (Wildman–Crippen MR) is 78.8 cm³/mol. The fourth-order valence-electron chi connectivity index (χ4n) is 2.98. The Kier molecular flexibility index (Phi) is 3.65. The Morgan fingerprint density at radius 2 is 1.95 bits per heavy atom. The Morgan fingerprint density at radius 1 is 1.24 bits per heavy atom. The Balaban J connectivity index is 1.88. The minimum atomic E-state index is -0.311. The Bertz CT molecular complexity index is 588. The molecule has 3 atom stereocenters. The molecule has 21 heavy (non-hydrogen) atoms. The SMILES string of the molecule is CC1OCCC1C(N)c1ccc2c(c1)NC(=O)CC(=O)N2. The monoisotopic (exact) mass is 289 g/mol. The predicted octanol–water partition coefficient (Wildman–Crippen LogP) is 1.39. The van der Waals surface area contributed by atoms with Gasteiger partial charge < -0.3 is 21.1 Å². The fourth-order valence-corrected chi connectivity index (χ4v) is 2.98. The zero-order chi connectivity index (χ0) is 15.0. The largest absolute Gasteiger partial charge is 0.378 e. The molecule has 1 aromatic carbocycles. The number of amides is 2. The molecule has 3 rings (SSSR count). The summed E-state index contributed by atoms with van der Waals surface area (Å²) in [6, 6.07) is 5.37. The summed E-state index contributed by atoms with van der Waals surface area (Å²) in [5.41, 5.74) is 8.49. The standard InChI is InChI=1S/C15H19N3O3/c1-8-10(4-5-21-8)15(16)9-2-3-11-12(6-9)18-14(20)7-13(19)17-11/h2-3,6,8,10,15H,4-5,7,16H2,1H3,(H,17,19)(H,18,20). The molecule has 0 radical (unpaired) electrons. The first-order chi connectivity index (χ1) is 10.0. The summed E-state index contributed by atoms with van der Waals surface area (Å²) >= 11 is 0. The molecule has 2 aliphatic rings. The number of anilines is 2. The van der Waals surface area contributed by atoms with Crippen LogP contribution in [0.4, 0.5) is 11.4 Å². The normalized spacial score (nSPS) is 26.6. The Labute approximate surface area is 123 Å². The van der Waals surface area contributed by atoms with Crippen LogP contribution in [0.2, 0.25) is 0 Å². The second kappa shape index (κ2) is 5.46. The number of carbonyl (C=O) groups excluding carboxylic acids is 2. The molecule has 0 aromatic heterocycles. The van der Waals surface area contributed by atoms with Crippen molar-refractivity contribution in [2.75, 3.05) is 17.2 Å². The molecule has 3 unspecified atom stereocenters. The number of nitrogens with one attached hydrogen (secondary N) is 2.